The third-order valence-corrected chi connectivity index (χ3v) is 2.40. The standard InChI is InChI=1S/C12H17NO2/c1-8-3-9(2)5-10(4-8)6-11(7-13)12(14)15/h3-5,11H,6-7,13H2,1-2H3,(H,14,15)/t11-/m0/s1. The molecule has 0 saturated carbocycles. The zero-order valence-corrected chi connectivity index (χ0v) is 9.16. The van der Waals surface area contributed by atoms with Gasteiger partial charge in [-0.15, -0.1) is 0 Å². The molecule has 0 heterocycles. The fraction of sp³-hybridized carbons (Fsp3) is 0.417. The van der Waals surface area contributed by atoms with Gasteiger partial charge >= 0.3 is 5.97 Å². The van der Waals surface area contributed by atoms with Crippen molar-refractivity contribution < 1.29 is 9.90 Å². The first kappa shape index (κ1) is 11.7. The van der Waals surface area contributed by atoms with Crippen LogP contribution < -0.4 is 5.73 Å². The largest absolute Gasteiger partial charge is 0.481 e. The molecule has 3 N–H and O–H groups in total. The Balaban J connectivity index is 2.83. The van der Waals surface area contributed by atoms with Crippen molar-refractivity contribution >= 4 is 5.97 Å². The van der Waals surface area contributed by atoms with Gasteiger partial charge in [0.25, 0.3) is 0 Å². The summed E-state index contributed by atoms with van der Waals surface area (Å²) in [5.41, 5.74) is 8.78. The first-order valence-electron chi connectivity index (χ1n) is 5.03. The number of benzene rings is 1. The van der Waals surface area contributed by atoms with Gasteiger partial charge in [0.05, 0.1) is 5.92 Å². The smallest absolute Gasteiger partial charge is 0.308 e. The molecule has 3 nitrogen and oxygen atoms in total. The lowest BCUT2D eigenvalue weighted by Gasteiger charge is -2.10. The van der Waals surface area contributed by atoms with Crippen molar-refractivity contribution in [2.24, 2.45) is 11.7 Å². The van der Waals surface area contributed by atoms with E-state index in [1.165, 1.54) is 0 Å². The molecule has 0 radical (unpaired) electrons. The minimum absolute atomic E-state index is 0.183. The predicted octanol–water partition coefficient (Wildman–Crippen LogP) is 1.51. The Morgan fingerprint density at radius 2 is 1.87 bits per heavy atom. The van der Waals surface area contributed by atoms with Crippen LogP contribution in [0.15, 0.2) is 18.2 Å². The van der Waals surface area contributed by atoms with Gasteiger partial charge in [-0.05, 0) is 25.8 Å². The normalized spacial score (nSPS) is 12.5. The number of carboxylic acid groups (broad SMARTS) is 1. The third-order valence-electron chi connectivity index (χ3n) is 2.40. The first-order valence-corrected chi connectivity index (χ1v) is 5.03. The number of nitrogens with two attached hydrogens (primary N) is 1. The van der Waals surface area contributed by atoms with Gasteiger partial charge in [-0.25, -0.2) is 0 Å². The van der Waals surface area contributed by atoms with E-state index >= 15 is 0 Å². The lowest BCUT2D eigenvalue weighted by molar-refractivity contribution is -0.141. The molecule has 1 rings (SSSR count). The highest BCUT2D eigenvalue weighted by atomic mass is 16.4. The minimum Gasteiger partial charge on any atom is -0.481 e. The van der Waals surface area contributed by atoms with E-state index in [-0.39, 0.29) is 6.54 Å². The van der Waals surface area contributed by atoms with E-state index in [9.17, 15) is 4.79 Å². The van der Waals surface area contributed by atoms with Crippen LogP contribution in [-0.4, -0.2) is 17.6 Å². The number of hydrogen-bond donors (Lipinski definition) is 2. The summed E-state index contributed by atoms with van der Waals surface area (Å²) in [6.07, 6.45) is 0.508. The highest BCUT2D eigenvalue weighted by Crippen LogP contribution is 2.13. The monoisotopic (exact) mass is 207 g/mol. The van der Waals surface area contributed by atoms with Crippen LogP contribution in [0, 0.1) is 19.8 Å². The van der Waals surface area contributed by atoms with Crippen molar-refractivity contribution in [2.75, 3.05) is 6.54 Å². The molecule has 1 aromatic rings. The number of aliphatic carboxylic acids is 1. The Morgan fingerprint density at radius 1 is 1.33 bits per heavy atom. The highest BCUT2D eigenvalue weighted by molar-refractivity contribution is 5.70. The van der Waals surface area contributed by atoms with E-state index in [2.05, 4.69) is 6.07 Å². The maximum Gasteiger partial charge on any atom is 0.308 e. The van der Waals surface area contributed by atoms with Crippen molar-refractivity contribution in [1.29, 1.82) is 0 Å². The molecule has 0 aliphatic carbocycles. The van der Waals surface area contributed by atoms with E-state index in [1.54, 1.807) is 0 Å². The third kappa shape index (κ3) is 3.36. The Hall–Kier alpha value is -1.35. The van der Waals surface area contributed by atoms with Gasteiger partial charge < -0.3 is 10.8 Å². The summed E-state index contributed by atoms with van der Waals surface area (Å²) >= 11 is 0. The lowest BCUT2D eigenvalue weighted by atomic mass is 9.97. The number of hydrogen-bond acceptors (Lipinski definition) is 2. The number of aryl methyl sites for hydroxylation is 2. The van der Waals surface area contributed by atoms with Gasteiger partial charge in [-0.2, -0.15) is 0 Å². The maximum absolute atomic E-state index is 10.8. The summed E-state index contributed by atoms with van der Waals surface area (Å²) in [5, 5.41) is 8.89. The highest BCUT2D eigenvalue weighted by Gasteiger charge is 2.15. The molecule has 0 aliphatic heterocycles. The second-order valence-corrected chi connectivity index (χ2v) is 3.97. The van der Waals surface area contributed by atoms with Crippen molar-refractivity contribution in [3.8, 4) is 0 Å². The zero-order chi connectivity index (χ0) is 11.4. The second kappa shape index (κ2) is 4.94. The molecule has 15 heavy (non-hydrogen) atoms. The van der Waals surface area contributed by atoms with Crippen LogP contribution >= 0.6 is 0 Å². The zero-order valence-electron chi connectivity index (χ0n) is 9.16. The molecule has 0 spiro atoms. The van der Waals surface area contributed by atoms with E-state index < -0.39 is 11.9 Å². The maximum atomic E-state index is 10.8. The molecule has 0 unspecified atom stereocenters. The predicted molar refractivity (Wildman–Crippen MR) is 59.8 cm³/mol. The fourth-order valence-electron chi connectivity index (χ4n) is 1.74. The van der Waals surface area contributed by atoms with Gasteiger partial charge in [0.1, 0.15) is 0 Å². The fourth-order valence-corrected chi connectivity index (χ4v) is 1.74. The summed E-state index contributed by atoms with van der Waals surface area (Å²) in [6.45, 7) is 4.20. The van der Waals surface area contributed by atoms with Crippen LogP contribution in [0.2, 0.25) is 0 Å². The molecular formula is C12H17NO2. The van der Waals surface area contributed by atoms with Gasteiger partial charge in [0.15, 0.2) is 0 Å². The van der Waals surface area contributed by atoms with E-state index in [4.69, 9.17) is 10.8 Å². The molecule has 0 amide bonds. The molecule has 1 aromatic carbocycles. The molecule has 0 aromatic heterocycles. The summed E-state index contributed by atoms with van der Waals surface area (Å²) < 4.78 is 0. The second-order valence-electron chi connectivity index (χ2n) is 3.97. The van der Waals surface area contributed by atoms with Crippen molar-refractivity contribution in [2.45, 2.75) is 20.3 Å². The molecule has 0 aliphatic rings. The Labute approximate surface area is 89.9 Å². The van der Waals surface area contributed by atoms with Crippen molar-refractivity contribution in [3.63, 3.8) is 0 Å². The Morgan fingerprint density at radius 3 is 2.27 bits per heavy atom. The SMILES string of the molecule is Cc1cc(C)cc(C[C@@H](CN)C(=O)O)c1. The molecule has 0 fully saturated rings. The molecule has 3 heteroatoms. The lowest BCUT2D eigenvalue weighted by Crippen LogP contribution is -2.25. The number of carbonyl (C=O) groups is 1. The van der Waals surface area contributed by atoms with Gasteiger partial charge in [0.2, 0.25) is 0 Å². The first-order chi connectivity index (χ1) is 7.02. The van der Waals surface area contributed by atoms with Gasteiger partial charge in [-0.3, -0.25) is 4.79 Å². The van der Waals surface area contributed by atoms with Crippen LogP contribution in [0.25, 0.3) is 0 Å². The van der Waals surface area contributed by atoms with Crippen LogP contribution in [0.1, 0.15) is 16.7 Å². The topological polar surface area (TPSA) is 63.3 Å². The van der Waals surface area contributed by atoms with Crippen LogP contribution in [0.5, 0.6) is 0 Å². The quantitative estimate of drug-likeness (QED) is 0.786. The summed E-state index contributed by atoms with van der Waals surface area (Å²) in [6, 6.07) is 6.10. The van der Waals surface area contributed by atoms with Gasteiger partial charge in [-0.1, -0.05) is 29.3 Å². The van der Waals surface area contributed by atoms with E-state index in [0.717, 1.165) is 16.7 Å². The average Bonchev–Trinajstić information content (AvgIpc) is 2.12. The van der Waals surface area contributed by atoms with E-state index in [1.807, 2.05) is 26.0 Å². The molecular weight excluding hydrogens is 190 g/mol. The summed E-state index contributed by atoms with van der Waals surface area (Å²) in [7, 11) is 0. The number of rotatable bonds is 4. The Kier molecular flexibility index (Phi) is 3.86. The van der Waals surface area contributed by atoms with Crippen LogP contribution in [0.3, 0.4) is 0 Å². The van der Waals surface area contributed by atoms with Crippen molar-refractivity contribution in [3.05, 3.63) is 34.9 Å². The summed E-state index contributed by atoms with van der Waals surface area (Å²) in [5.74, 6) is -1.30. The molecule has 0 saturated heterocycles. The summed E-state index contributed by atoms with van der Waals surface area (Å²) in [4.78, 5) is 10.8. The Bertz CT molecular complexity index is 340. The van der Waals surface area contributed by atoms with E-state index in [0.29, 0.717) is 6.42 Å². The molecule has 1 atom stereocenters. The van der Waals surface area contributed by atoms with Crippen LogP contribution in [0.4, 0.5) is 0 Å². The van der Waals surface area contributed by atoms with Crippen LogP contribution in [-0.2, 0) is 11.2 Å². The molecule has 82 valence electrons. The van der Waals surface area contributed by atoms with Gasteiger partial charge in [0, 0.05) is 6.54 Å². The minimum atomic E-state index is -0.823. The van der Waals surface area contributed by atoms with Crippen molar-refractivity contribution in [1.82, 2.24) is 0 Å². The number of carboxylic acids is 1. The molecule has 0 bridgehead atoms. The average molecular weight is 207 g/mol.